The summed E-state index contributed by atoms with van der Waals surface area (Å²) < 4.78 is 10.7. The maximum absolute atomic E-state index is 12.9. The number of nitrogens with zero attached hydrogens (tertiary/aromatic N) is 1. The summed E-state index contributed by atoms with van der Waals surface area (Å²) in [5.41, 5.74) is 7.94. The van der Waals surface area contributed by atoms with E-state index < -0.39 is 0 Å². The quantitative estimate of drug-likeness (QED) is 0.752. The molecule has 1 atom stereocenters. The van der Waals surface area contributed by atoms with E-state index in [9.17, 15) is 4.79 Å². The van der Waals surface area contributed by atoms with Gasteiger partial charge in [0.15, 0.2) is 11.5 Å². The predicted molar refractivity (Wildman–Crippen MR) is 109 cm³/mol. The minimum atomic E-state index is -0.290. The maximum atomic E-state index is 12.9. The molecule has 0 spiro atoms. The number of hydrogen-bond acceptors (Lipinski definition) is 5. The lowest BCUT2D eigenvalue weighted by Gasteiger charge is -2.33. The molecule has 2 N–H and O–H groups in total. The summed E-state index contributed by atoms with van der Waals surface area (Å²) in [4.78, 5) is 16.2. The number of benzene rings is 1. The molecule has 0 saturated heterocycles. The monoisotopic (exact) mass is 388 g/mol. The van der Waals surface area contributed by atoms with E-state index in [0.29, 0.717) is 30.2 Å². The van der Waals surface area contributed by atoms with Gasteiger partial charge in [-0.05, 0) is 61.7 Å². The summed E-state index contributed by atoms with van der Waals surface area (Å²) in [5, 5.41) is 2.09. The Balaban J connectivity index is 1.63. The second-order valence-corrected chi connectivity index (χ2v) is 8.42. The van der Waals surface area contributed by atoms with Crippen molar-refractivity contribution in [3.05, 3.63) is 45.6 Å². The van der Waals surface area contributed by atoms with Gasteiger partial charge in [0.1, 0.15) is 0 Å². The molecule has 3 rings (SSSR count). The summed E-state index contributed by atoms with van der Waals surface area (Å²) in [6.45, 7) is 3.46. The molecular formula is C21H28N2O3S. The number of carbonyl (C=O) groups excluding carboxylic acids is 1. The highest BCUT2D eigenvalue weighted by Crippen LogP contribution is 2.33. The molecule has 5 nitrogen and oxygen atoms in total. The summed E-state index contributed by atoms with van der Waals surface area (Å²) in [6.07, 6.45) is 3.50. The van der Waals surface area contributed by atoms with Crippen LogP contribution in [0.5, 0.6) is 11.5 Å². The largest absolute Gasteiger partial charge is 0.493 e. The Morgan fingerprint density at radius 2 is 1.96 bits per heavy atom. The minimum absolute atomic E-state index is 0.0475. The Bertz CT molecular complexity index is 787. The number of carbonyl (C=O) groups is 1. The Hall–Kier alpha value is -2.05. The molecule has 2 heterocycles. The molecule has 27 heavy (non-hydrogen) atoms. The van der Waals surface area contributed by atoms with Gasteiger partial charge in [0.05, 0.1) is 14.2 Å². The highest BCUT2D eigenvalue weighted by molar-refractivity contribution is 7.09. The molecule has 0 radical (unpaired) electrons. The molecule has 0 saturated carbocycles. The molecule has 1 aliphatic heterocycles. The van der Waals surface area contributed by atoms with Gasteiger partial charge in [-0.1, -0.05) is 6.07 Å². The van der Waals surface area contributed by atoms with E-state index >= 15 is 0 Å². The zero-order valence-corrected chi connectivity index (χ0v) is 17.1. The number of fused-ring (bicyclic) bond motifs is 1. The van der Waals surface area contributed by atoms with Gasteiger partial charge in [-0.3, -0.25) is 4.79 Å². The molecule has 0 fully saturated rings. The fourth-order valence-corrected chi connectivity index (χ4v) is 4.16. The average Bonchev–Trinajstić information content (AvgIpc) is 3.19. The predicted octanol–water partition coefficient (Wildman–Crippen LogP) is 3.50. The van der Waals surface area contributed by atoms with Gasteiger partial charge in [0.25, 0.3) is 5.91 Å². The molecule has 1 amide bonds. The van der Waals surface area contributed by atoms with Crippen LogP contribution in [0.15, 0.2) is 29.6 Å². The molecule has 0 bridgehead atoms. The van der Waals surface area contributed by atoms with Gasteiger partial charge in [-0.15, -0.1) is 11.3 Å². The molecule has 0 aliphatic carbocycles. The molecule has 1 aromatic heterocycles. The van der Waals surface area contributed by atoms with Crippen LogP contribution in [0.25, 0.3) is 0 Å². The second-order valence-electron chi connectivity index (χ2n) is 7.39. The minimum Gasteiger partial charge on any atom is -0.493 e. The number of thiophene rings is 1. The highest BCUT2D eigenvalue weighted by Gasteiger charge is 2.28. The molecule has 6 heteroatoms. The number of amides is 1. The van der Waals surface area contributed by atoms with Crippen molar-refractivity contribution in [2.24, 2.45) is 5.73 Å². The Morgan fingerprint density at radius 1 is 1.22 bits per heavy atom. The number of ether oxygens (including phenoxy) is 2. The topological polar surface area (TPSA) is 64.8 Å². The first-order chi connectivity index (χ1) is 12.9. The molecule has 146 valence electrons. The van der Waals surface area contributed by atoms with Crippen LogP contribution in [0.4, 0.5) is 0 Å². The van der Waals surface area contributed by atoms with E-state index in [0.717, 1.165) is 31.2 Å². The zero-order valence-electron chi connectivity index (χ0n) is 16.3. The van der Waals surface area contributed by atoms with Crippen molar-refractivity contribution in [1.82, 2.24) is 4.90 Å². The molecule has 1 aliphatic rings. The number of aryl methyl sites for hydroxylation is 1. The van der Waals surface area contributed by atoms with Crippen LogP contribution in [-0.2, 0) is 12.8 Å². The van der Waals surface area contributed by atoms with Crippen molar-refractivity contribution < 1.29 is 14.3 Å². The number of rotatable bonds is 8. The van der Waals surface area contributed by atoms with E-state index in [1.54, 1.807) is 31.6 Å². The van der Waals surface area contributed by atoms with Crippen molar-refractivity contribution in [2.45, 2.75) is 38.1 Å². The van der Waals surface area contributed by atoms with Crippen molar-refractivity contribution in [2.75, 3.05) is 27.3 Å². The second kappa shape index (κ2) is 8.31. The first-order valence-corrected chi connectivity index (χ1v) is 10.2. The van der Waals surface area contributed by atoms with Crippen LogP contribution in [0.2, 0.25) is 0 Å². The van der Waals surface area contributed by atoms with Gasteiger partial charge < -0.3 is 20.1 Å². The molecular weight excluding hydrogens is 360 g/mol. The van der Waals surface area contributed by atoms with E-state index in [2.05, 4.69) is 24.4 Å². The normalized spacial score (nSPS) is 16.0. The average molecular weight is 389 g/mol. The van der Waals surface area contributed by atoms with Gasteiger partial charge in [-0.25, -0.2) is 0 Å². The van der Waals surface area contributed by atoms with Crippen LogP contribution >= 0.6 is 11.3 Å². The van der Waals surface area contributed by atoms with Crippen molar-refractivity contribution >= 4 is 17.2 Å². The Morgan fingerprint density at radius 3 is 2.63 bits per heavy atom. The lowest BCUT2D eigenvalue weighted by Crippen LogP contribution is -2.44. The third-order valence-corrected chi connectivity index (χ3v) is 6.19. The van der Waals surface area contributed by atoms with Crippen molar-refractivity contribution in [1.29, 1.82) is 0 Å². The van der Waals surface area contributed by atoms with Crippen LogP contribution in [0.3, 0.4) is 0 Å². The van der Waals surface area contributed by atoms with Gasteiger partial charge in [0, 0.05) is 29.1 Å². The summed E-state index contributed by atoms with van der Waals surface area (Å²) in [5.74, 6) is 1.30. The Labute approximate surface area is 165 Å². The lowest BCUT2D eigenvalue weighted by molar-refractivity contribution is 0.0726. The van der Waals surface area contributed by atoms with E-state index in [1.807, 2.05) is 11.0 Å². The summed E-state index contributed by atoms with van der Waals surface area (Å²) >= 11 is 1.77. The van der Waals surface area contributed by atoms with Crippen LogP contribution in [0.1, 0.15) is 40.6 Å². The molecule has 2 aromatic rings. The highest BCUT2D eigenvalue weighted by atomic mass is 32.1. The SMILES string of the molecule is COc1cc2c(cc1OC)C(=O)N(CCC(C)(N)CCc1cccs1)CC2. The van der Waals surface area contributed by atoms with Crippen LogP contribution in [0, 0.1) is 0 Å². The fourth-order valence-electron chi connectivity index (χ4n) is 3.45. The first kappa shape index (κ1) is 19.7. The molecule has 1 aromatic carbocycles. The smallest absolute Gasteiger partial charge is 0.254 e. The summed E-state index contributed by atoms with van der Waals surface area (Å²) in [6, 6.07) is 7.92. The van der Waals surface area contributed by atoms with Crippen LogP contribution < -0.4 is 15.2 Å². The van der Waals surface area contributed by atoms with E-state index in [4.69, 9.17) is 15.2 Å². The number of nitrogens with two attached hydrogens (primary N) is 1. The fraction of sp³-hybridized carbons (Fsp3) is 0.476. The zero-order chi connectivity index (χ0) is 19.4. The standard InChI is InChI=1S/C21H28N2O3S/c1-21(22,8-6-16-5-4-12-27-16)9-11-23-10-7-15-13-18(25-2)19(26-3)14-17(15)20(23)24/h4-5,12-14H,6-11,22H2,1-3H3. The first-order valence-electron chi connectivity index (χ1n) is 9.29. The third kappa shape index (κ3) is 4.62. The summed E-state index contributed by atoms with van der Waals surface area (Å²) in [7, 11) is 3.20. The van der Waals surface area contributed by atoms with Crippen LogP contribution in [-0.4, -0.2) is 43.7 Å². The van der Waals surface area contributed by atoms with Gasteiger partial charge in [0.2, 0.25) is 0 Å². The molecule has 1 unspecified atom stereocenters. The third-order valence-electron chi connectivity index (χ3n) is 5.25. The number of hydrogen-bond donors (Lipinski definition) is 1. The van der Waals surface area contributed by atoms with E-state index in [-0.39, 0.29) is 11.4 Å². The van der Waals surface area contributed by atoms with Gasteiger partial charge in [-0.2, -0.15) is 0 Å². The number of methoxy groups -OCH3 is 2. The van der Waals surface area contributed by atoms with Gasteiger partial charge >= 0.3 is 0 Å². The van der Waals surface area contributed by atoms with E-state index in [1.165, 1.54) is 4.88 Å². The van der Waals surface area contributed by atoms with Crippen molar-refractivity contribution in [3.63, 3.8) is 0 Å². The maximum Gasteiger partial charge on any atom is 0.254 e. The Kier molecular flexibility index (Phi) is 6.07. The lowest BCUT2D eigenvalue weighted by atomic mass is 9.91. The van der Waals surface area contributed by atoms with Crippen molar-refractivity contribution in [3.8, 4) is 11.5 Å².